The molecule has 0 saturated carbocycles. The van der Waals surface area contributed by atoms with Gasteiger partial charge >= 0.3 is 13.9 Å². The first-order chi connectivity index (χ1) is 17.1. The van der Waals surface area contributed by atoms with E-state index in [1.165, 1.54) is 90.5 Å². The third kappa shape index (κ3) is 25.3. The van der Waals surface area contributed by atoms with Gasteiger partial charge in [-0.2, -0.15) is 11.8 Å². The van der Waals surface area contributed by atoms with Crippen LogP contribution in [0.2, 0.25) is 0 Å². The number of ether oxygens (including phenoxy) is 1. The molecule has 216 valence electrons. The number of alkyl carbamates (subject to hydrolysis) is 1. The standard InChI is InChI=1S/C26H55N2O6PS/c1-6-7-8-9-10-11-12-13-14-15-16-17-18-19-22-36-24-25(34-26(29)27-2)23-33-35(30,31)32-21-20-28(3,4)5/h25H,6-24H2,1-5H3,(H-,27,29,30,31)/p+1. The maximum Gasteiger partial charge on any atom is 0.472 e. The fourth-order valence-electron chi connectivity index (χ4n) is 3.58. The van der Waals surface area contributed by atoms with Gasteiger partial charge in [0.25, 0.3) is 0 Å². The van der Waals surface area contributed by atoms with E-state index in [0.29, 0.717) is 16.8 Å². The molecule has 2 unspecified atom stereocenters. The smallest absolute Gasteiger partial charge is 0.443 e. The van der Waals surface area contributed by atoms with Crippen molar-refractivity contribution in [1.29, 1.82) is 0 Å². The van der Waals surface area contributed by atoms with Gasteiger partial charge in [0.05, 0.1) is 27.7 Å². The number of likely N-dealkylation sites (N-methyl/N-ethyl adjacent to an activating group) is 1. The third-order valence-corrected chi connectivity index (χ3v) is 8.03. The number of hydrogen-bond donors (Lipinski definition) is 2. The van der Waals surface area contributed by atoms with Gasteiger partial charge in [0, 0.05) is 12.8 Å². The van der Waals surface area contributed by atoms with Crippen LogP contribution in [0.3, 0.4) is 0 Å². The van der Waals surface area contributed by atoms with Crippen LogP contribution in [0, 0.1) is 0 Å². The molecule has 1 amide bonds. The SMILES string of the molecule is CCCCCCCCCCCCCCCCSCC(COP(=O)(O)OCC[N+](C)(C)C)OC(=O)NC. The topological polar surface area (TPSA) is 94.1 Å². The zero-order chi connectivity index (χ0) is 27.1. The van der Waals surface area contributed by atoms with E-state index in [0.717, 1.165) is 12.2 Å². The lowest BCUT2D eigenvalue weighted by Gasteiger charge is -2.24. The Hall–Kier alpha value is -0.310. The molecule has 10 heteroatoms. The number of nitrogens with one attached hydrogen (secondary N) is 1. The lowest BCUT2D eigenvalue weighted by molar-refractivity contribution is -0.870. The summed E-state index contributed by atoms with van der Waals surface area (Å²) >= 11 is 1.67. The molecular formula is C26H56N2O6PS+. The molecule has 0 heterocycles. The molecule has 0 bridgehead atoms. The zero-order valence-electron chi connectivity index (χ0n) is 23.8. The first-order valence-electron chi connectivity index (χ1n) is 14.0. The number of thioether (sulfide) groups is 1. The number of nitrogens with zero attached hydrogens (tertiary/aromatic N) is 1. The number of phosphoric acid groups is 1. The highest BCUT2D eigenvalue weighted by molar-refractivity contribution is 7.99. The van der Waals surface area contributed by atoms with Crippen LogP contribution < -0.4 is 5.32 Å². The Labute approximate surface area is 225 Å². The predicted molar refractivity (Wildman–Crippen MR) is 152 cm³/mol. The molecule has 0 rings (SSSR count). The van der Waals surface area contributed by atoms with Gasteiger partial charge in [0.1, 0.15) is 19.3 Å². The van der Waals surface area contributed by atoms with Crippen molar-refractivity contribution in [3.05, 3.63) is 0 Å². The molecule has 0 aromatic rings. The summed E-state index contributed by atoms with van der Waals surface area (Å²) in [4.78, 5) is 21.5. The van der Waals surface area contributed by atoms with E-state index in [-0.39, 0.29) is 13.2 Å². The summed E-state index contributed by atoms with van der Waals surface area (Å²) in [5.74, 6) is 1.47. The summed E-state index contributed by atoms with van der Waals surface area (Å²) in [5, 5.41) is 2.41. The van der Waals surface area contributed by atoms with E-state index < -0.39 is 20.0 Å². The van der Waals surface area contributed by atoms with E-state index in [4.69, 9.17) is 13.8 Å². The Bertz CT molecular complexity index is 577. The maximum absolute atomic E-state index is 12.1. The zero-order valence-corrected chi connectivity index (χ0v) is 25.5. The highest BCUT2D eigenvalue weighted by Crippen LogP contribution is 2.43. The van der Waals surface area contributed by atoms with Crippen molar-refractivity contribution >= 4 is 25.7 Å². The molecule has 0 radical (unpaired) electrons. The van der Waals surface area contributed by atoms with E-state index in [9.17, 15) is 14.3 Å². The minimum atomic E-state index is -4.19. The number of rotatable bonds is 25. The van der Waals surface area contributed by atoms with Gasteiger partial charge in [-0.15, -0.1) is 0 Å². The van der Waals surface area contributed by atoms with Crippen LogP contribution >= 0.6 is 19.6 Å². The van der Waals surface area contributed by atoms with Crippen LogP contribution in [-0.2, 0) is 18.3 Å². The van der Waals surface area contributed by atoms with Gasteiger partial charge in [0.15, 0.2) is 0 Å². The molecule has 0 aromatic carbocycles. The van der Waals surface area contributed by atoms with Gasteiger partial charge in [0.2, 0.25) is 0 Å². The minimum absolute atomic E-state index is 0.103. The summed E-state index contributed by atoms with van der Waals surface area (Å²) in [6.07, 6.45) is 17.5. The van der Waals surface area contributed by atoms with Crippen molar-refractivity contribution < 1.29 is 32.5 Å². The lowest BCUT2D eigenvalue weighted by atomic mass is 10.0. The maximum atomic E-state index is 12.1. The van der Waals surface area contributed by atoms with Crippen molar-refractivity contribution in [1.82, 2.24) is 5.32 Å². The summed E-state index contributed by atoms with van der Waals surface area (Å²) in [6.45, 7) is 2.76. The van der Waals surface area contributed by atoms with Gasteiger partial charge in [-0.3, -0.25) is 9.05 Å². The molecular weight excluding hydrogens is 499 g/mol. The second-order valence-corrected chi connectivity index (χ2v) is 13.2. The first-order valence-corrected chi connectivity index (χ1v) is 16.6. The van der Waals surface area contributed by atoms with E-state index >= 15 is 0 Å². The largest absolute Gasteiger partial charge is 0.472 e. The molecule has 2 N–H and O–H groups in total. The molecule has 8 nitrogen and oxygen atoms in total. The second kappa shape index (κ2) is 22.7. The number of carbonyl (C=O) groups excluding carboxylic acids is 1. The molecule has 0 aliphatic rings. The van der Waals surface area contributed by atoms with Gasteiger partial charge in [-0.05, 0) is 12.2 Å². The van der Waals surface area contributed by atoms with Crippen molar-refractivity contribution in [2.24, 2.45) is 0 Å². The lowest BCUT2D eigenvalue weighted by Crippen LogP contribution is -2.37. The van der Waals surface area contributed by atoms with Gasteiger partial charge in [-0.1, -0.05) is 90.4 Å². The van der Waals surface area contributed by atoms with Gasteiger partial charge in [-0.25, -0.2) is 9.36 Å². The number of phosphoric ester groups is 1. The van der Waals surface area contributed by atoms with E-state index in [1.807, 2.05) is 21.1 Å². The number of quaternary nitrogens is 1. The van der Waals surface area contributed by atoms with Crippen LogP contribution in [0.4, 0.5) is 4.79 Å². The average molecular weight is 556 g/mol. The Kier molecular flexibility index (Phi) is 22.5. The predicted octanol–water partition coefficient (Wildman–Crippen LogP) is 6.77. The molecule has 0 fully saturated rings. The Morgan fingerprint density at radius 1 is 0.889 bits per heavy atom. The highest BCUT2D eigenvalue weighted by atomic mass is 32.2. The Balaban J connectivity index is 3.88. The molecule has 0 aliphatic heterocycles. The van der Waals surface area contributed by atoms with Crippen LogP contribution in [0.25, 0.3) is 0 Å². The van der Waals surface area contributed by atoms with Crippen molar-refractivity contribution in [2.45, 2.75) is 103 Å². The monoisotopic (exact) mass is 555 g/mol. The van der Waals surface area contributed by atoms with E-state index in [2.05, 4.69) is 12.2 Å². The Morgan fingerprint density at radius 2 is 1.39 bits per heavy atom. The van der Waals surface area contributed by atoms with Crippen LogP contribution in [0.1, 0.15) is 96.8 Å². The third-order valence-electron chi connectivity index (χ3n) is 5.86. The average Bonchev–Trinajstić information content (AvgIpc) is 2.81. The van der Waals surface area contributed by atoms with Crippen molar-refractivity contribution in [3.8, 4) is 0 Å². The molecule has 36 heavy (non-hydrogen) atoms. The number of carbonyl (C=O) groups is 1. The Morgan fingerprint density at radius 3 is 1.86 bits per heavy atom. The van der Waals surface area contributed by atoms with Crippen LogP contribution in [-0.4, -0.2) is 81.0 Å². The molecule has 0 aromatic heterocycles. The minimum Gasteiger partial charge on any atom is -0.443 e. The molecule has 0 saturated heterocycles. The van der Waals surface area contributed by atoms with Crippen molar-refractivity contribution in [2.75, 3.05) is 59.5 Å². The fraction of sp³-hybridized carbons (Fsp3) is 0.962. The molecule has 2 atom stereocenters. The van der Waals surface area contributed by atoms with Crippen LogP contribution in [0.15, 0.2) is 0 Å². The molecule has 0 aliphatic carbocycles. The number of hydrogen-bond acceptors (Lipinski definition) is 6. The quantitative estimate of drug-likeness (QED) is 0.0730. The van der Waals surface area contributed by atoms with Crippen molar-refractivity contribution in [3.63, 3.8) is 0 Å². The second-order valence-electron chi connectivity index (χ2n) is 10.6. The summed E-state index contributed by atoms with van der Waals surface area (Å²) in [7, 11) is 3.19. The van der Waals surface area contributed by atoms with E-state index in [1.54, 1.807) is 11.8 Å². The van der Waals surface area contributed by atoms with Gasteiger partial charge < -0.3 is 19.4 Å². The van der Waals surface area contributed by atoms with Crippen LogP contribution in [0.5, 0.6) is 0 Å². The molecule has 0 spiro atoms. The number of amides is 1. The summed E-state index contributed by atoms with van der Waals surface area (Å²) < 4.78 is 28.2. The number of unbranched alkanes of at least 4 members (excludes halogenated alkanes) is 13. The fourth-order valence-corrected chi connectivity index (χ4v) is 5.33. The summed E-state index contributed by atoms with van der Waals surface area (Å²) in [5.41, 5.74) is 0. The normalized spacial score (nSPS) is 14.4. The first kappa shape index (κ1) is 35.7. The highest BCUT2D eigenvalue weighted by Gasteiger charge is 2.26. The summed E-state index contributed by atoms with van der Waals surface area (Å²) in [6, 6.07) is 0.